The maximum Gasteiger partial charge on any atom is 0.218 e. The van der Waals surface area contributed by atoms with Crippen LogP contribution >= 0.6 is 0 Å². The monoisotopic (exact) mass is 306 g/mol. The fourth-order valence-corrected chi connectivity index (χ4v) is 2.06. The van der Waals surface area contributed by atoms with Gasteiger partial charge in [0.2, 0.25) is 5.88 Å². The van der Waals surface area contributed by atoms with Crippen LogP contribution in [0.4, 0.5) is 0 Å². The van der Waals surface area contributed by atoms with Crippen LogP contribution in [0.2, 0.25) is 0 Å². The highest BCUT2D eigenvalue weighted by Crippen LogP contribution is 2.18. The van der Waals surface area contributed by atoms with Crippen molar-refractivity contribution in [2.45, 2.75) is 6.61 Å². The molecular formula is C17H14N4O2. The lowest BCUT2D eigenvalue weighted by molar-refractivity contribution is 0.284. The molecule has 0 bridgehead atoms. The normalized spacial score (nSPS) is 10.1. The first kappa shape index (κ1) is 14.6. The summed E-state index contributed by atoms with van der Waals surface area (Å²) >= 11 is 0. The van der Waals surface area contributed by atoms with Crippen LogP contribution < -0.4 is 9.47 Å². The zero-order valence-electron chi connectivity index (χ0n) is 12.5. The van der Waals surface area contributed by atoms with Gasteiger partial charge in [0, 0.05) is 18.3 Å². The second-order valence-electron chi connectivity index (χ2n) is 4.73. The summed E-state index contributed by atoms with van der Waals surface area (Å²) in [6, 6.07) is 14.8. The molecule has 0 unspecified atom stereocenters. The van der Waals surface area contributed by atoms with Gasteiger partial charge in [-0.1, -0.05) is 12.1 Å². The van der Waals surface area contributed by atoms with Crippen LogP contribution in [0.15, 0.2) is 54.9 Å². The number of ether oxygens (including phenoxy) is 2. The van der Waals surface area contributed by atoms with Gasteiger partial charge in [-0.3, -0.25) is 0 Å². The standard InChI is InChI=1S/C17H14N4O2/c1-22-15-4-2-13(3-5-15)12-23-17-7-9-20-21(17)16-10-14(11-18)6-8-19-16/h2-10H,12H2,1H3. The Morgan fingerprint density at radius 2 is 1.96 bits per heavy atom. The molecule has 0 atom stereocenters. The first-order chi connectivity index (χ1) is 11.3. The fourth-order valence-electron chi connectivity index (χ4n) is 2.06. The minimum absolute atomic E-state index is 0.396. The number of nitriles is 1. The third-order valence-electron chi connectivity index (χ3n) is 3.25. The summed E-state index contributed by atoms with van der Waals surface area (Å²) in [7, 11) is 1.63. The van der Waals surface area contributed by atoms with Gasteiger partial charge in [-0.05, 0) is 23.8 Å². The van der Waals surface area contributed by atoms with E-state index in [0.29, 0.717) is 23.9 Å². The second-order valence-corrected chi connectivity index (χ2v) is 4.73. The van der Waals surface area contributed by atoms with E-state index in [2.05, 4.69) is 16.2 Å². The summed E-state index contributed by atoms with van der Waals surface area (Å²) in [5.74, 6) is 1.90. The number of benzene rings is 1. The van der Waals surface area contributed by atoms with Gasteiger partial charge in [-0.15, -0.1) is 0 Å². The highest BCUT2D eigenvalue weighted by Gasteiger charge is 2.08. The van der Waals surface area contributed by atoms with Crippen LogP contribution in [0.3, 0.4) is 0 Å². The van der Waals surface area contributed by atoms with Gasteiger partial charge < -0.3 is 9.47 Å². The van der Waals surface area contributed by atoms with Gasteiger partial charge in [-0.25, -0.2) is 4.98 Å². The molecule has 23 heavy (non-hydrogen) atoms. The Hall–Kier alpha value is -3.33. The SMILES string of the molecule is COc1ccc(COc2ccnn2-c2cc(C#N)ccn2)cc1. The minimum atomic E-state index is 0.396. The predicted molar refractivity (Wildman–Crippen MR) is 83.4 cm³/mol. The average Bonchev–Trinajstić information content (AvgIpc) is 3.09. The Morgan fingerprint density at radius 3 is 2.70 bits per heavy atom. The van der Waals surface area contributed by atoms with Crippen LogP contribution in [0.5, 0.6) is 11.6 Å². The topological polar surface area (TPSA) is 73.0 Å². The number of aromatic nitrogens is 3. The molecule has 0 spiro atoms. The third kappa shape index (κ3) is 3.30. The quantitative estimate of drug-likeness (QED) is 0.724. The van der Waals surface area contributed by atoms with E-state index in [9.17, 15) is 0 Å². The Kier molecular flexibility index (Phi) is 4.20. The van der Waals surface area contributed by atoms with Crippen LogP contribution in [-0.4, -0.2) is 21.9 Å². The van der Waals surface area contributed by atoms with Crippen molar-refractivity contribution in [2.75, 3.05) is 7.11 Å². The number of hydrogen-bond acceptors (Lipinski definition) is 5. The zero-order valence-corrected chi connectivity index (χ0v) is 12.5. The van der Waals surface area contributed by atoms with E-state index in [1.165, 1.54) is 0 Å². The van der Waals surface area contributed by atoms with Crippen molar-refractivity contribution in [3.05, 3.63) is 66.0 Å². The smallest absolute Gasteiger partial charge is 0.218 e. The maximum atomic E-state index is 8.97. The highest BCUT2D eigenvalue weighted by molar-refractivity contribution is 5.37. The van der Waals surface area contributed by atoms with E-state index in [1.54, 1.807) is 42.4 Å². The van der Waals surface area contributed by atoms with Crippen LogP contribution in [0.25, 0.3) is 5.82 Å². The summed E-state index contributed by atoms with van der Waals surface area (Å²) in [6.07, 6.45) is 3.20. The third-order valence-corrected chi connectivity index (χ3v) is 3.25. The molecule has 0 N–H and O–H groups in total. The molecule has 1 aromatic carbocycles. The summed E-state index contributed by atoms with van der Waals surface area (Å²) in [6.45, 7) is 0.396. The zero-order chi connectivity index (χ0) is 16.1. The minimum Gasteiger partial charge on any atom is -0.497 e. The molecule has 0 amide bonds. The lowest BCUT2D eigenvalue weighted by Crippen LogP contribution is -2.05. The number of methoxy groups -OCH3 is 1. The maximum absolute atomic E-state index is 8.97. The molecule has 3 aromatic rings. The van der Waals surface area contributed by atoms with Crippen molar-refractivity contribution < 1.29 is 9.47 Å². The number of pyridine rings is 1. The molecule has 3 rings (SSSR count). The highest BCUT2D eigenvalue weighted by atomic mass is 16.5. The van der Waals surface area contributed by atoms with Crippen molar-refractivity contribution in [3.8, 4) is 23.5 Å². The molecule has 2 aromatic heterocycles. The molecule has 0 aliphatic carbocycles. The molecule has 2 heterocycles. The van der Waals surface area contributed by atoms with E-state index < -0.39 is 0 Å². The van der Waals surface area contributed by atoms with Crippen molar-refractivity contribution in [1.29, 1.82) is 5.26 Å². The molecule has 6 nitrogen and oxygen atoms in total. The summed E-state index contributed by atoms with van der Waals surface area (Å²) < 4.78 is 12.5. The van der Waals surface area contributed by atoms with E-state index in [1.807, 2.05) is 24.3 Å². The summed E-state index contributed by atoms with van der Waals surface area (Å²) in [5, 5.41) is 13.2. The van der Waals surface area contributed by atoms with Gasteiger partial charge in [0.05, 0.1) is 24.9 Å². The van der Waals surface area contributed by atoms with Gasteiger partial charge in [0.15, 0.2) is 5.82 Å². The molecule has 0 saturated carbocycles. The van der Waals surface area contributed by atoms with Crippen LogP contribution in [-0.2, 0) is 6.61 Å². The van der Waals surface area contributed by atoms with Crippen molar-refractivity contribution in [1.82, 2.24) is 14.8 Å². The number of hydrogen-bond donors (Lipinski definition) is 0. The van der Waals surface area contributed by atoms with E-state index in [4.69, 9.17) is 14.7 Å². The second kappa shape index (κ2) is 6.62. The first-order valence-electron chi connectivity index (χ1n) is 6.96. The molecule has 114 valence electrons. The molecule has 0 aliphatic rings. The Bertz CT molecular complexity index is 834. The summed E-state index contributed by atoms with van der Waals surface area (Å²) in [4.78, 5) is 4.22. The van der Waals surface area contributed by atoms with Crippen LogP contribution in [0, 0.1) is 11.3 Å². The molecule has 0 saturated heterocycles. The number of nitrogens with zero attached hydrogens (tertiary/aromatic N) is 4. The molecular weight excluding hydrogens is 292 g/mol. The Morgan fingerprint density at radius 1 is 1.13 bits per heavy atom. The van der Waals surface area contributed by atoms with Crippen molar-refractivity contribution >= 4 is 0 Å². The van der Waals surface area contributed by atoms with E-state index in [0.717, 1.165) is 11.3 Å². The molecule has 6 heteroatoms. The number of rotatable bonds is 5. The Labute approximate surface area is 133 Å². The lowest BCUT2D eigenvalue weighted by atomic mass is 10.2. The van der Waals surface area contributed by atoms with Gasteiger partial charge in [0.1, 0.15) is 12.4 Å². The van der Waals surface area contributed by atoms with E-state index in [-0.39, 0.29) is 0 Å². The van der Waals surface area contributed by atoms with Gasteiger partial charge in [0.25, 0.3) is 0 Å². The Balaban J connectivity index is 1.76. The van der Waals surface area contributed by atoms with Gasteiger partial charge in [-0.2, -0.15) is 15.0 Å². The van der Waals surface area contributed by atoms with Gasteiger partial charge >= 0.3 is 0 Å². The lowest BCUT2D eigenvalue weighted by Gasteiger charge is -2.09. The van der Waals surface area contributed by atoms with Crippen molar-refractivity contribution in [3.63, 3.8) is 0 Å². The largest absolute Gasteiger partial charge is 0.497 e. The fraction of sp³-hybridized carbons (Fsp3) is 0.118. The van der Waals surface area contributed by atoms with Crippen molar-refractivity contribution in [2.24, 2.45) is 0 Å². The average molecular weight is 306 g/mol. The molecule has 0 radical (unpaired) electrons. The summed E-state index contributed by atoms with van der Waals surface area (Å²) in [5.41, 5.74) is 1.53. The van der Waals surface area contributed by atoms with Crippen LogP contribution in [0.1, 0.15) is 11.1 Å². The molecule has 0 aliphatic heterocycles. The first-order valence-corrected chi connectivity index (χ1v) is 6.96. The predicted octanol–water partition coefficient (Wildman–Crippen LogP) is 2.73. The van der Waals surface area contributed by atoms with E-state index >= 15 is 0 Å². The molecule has 0 fully saturated rings.